The number of hydrogen-bond donors (Lipinski definition) is 3. The third kappa shape index (κ3) is 6.49. The minimum atomic E-state index is -0.484. The van der Waals surface area contributed by atoms with Crippen LogP contribution in [0.5, 0.6) is 0 Å². The number of hydrogen-bond acceptors (Lipinski definition) is 3. The molecule has 0 heterocycles. The van der Waals surface area contributed by atoms with E-state index in [0.29, 0.717) is 11.4 Å². The third-order valence-electron chi connectivity index (χ3n) is 3.92. The lowest BCUT2D eigenvalue weighted by Crippen LogP contribution is -2.35. The van der Waals surface area contributed by atoms with Crippen LogP contribution in [0.1, 0.15) is 31.9 Å². The third-order valence-corrected chi connectivity index (χ3v) is 4.13. The van der Waals surface area contributed by atoms with Gasteiger partial charge in [-0.15, -0.1) is 0 Å². The molecule has 0 radical (unpaired) electrons. The minimum absolute atomic E-state index is 0.0752. The maximum absolute atomic E-state index is 12.2. The highest BCUT2D eigenvalue weighted by atomic mass is 32.1. The number of benzene rings is 2. The number of rotatable bonds is 4. The molecule has 0 aromatic heterocycles. The summed E-state index contributed by atoms with van der Waals surface area (Å²) in [5, 5.41) is 8.74. The van der Waals surface area contributed by atoms with E-state index in [9.17, 15) is 9.59 Å². The minimum Gasteiger partial charge on any atom is -0.332 e. The lowest BCUT2D eigenvalue weighted by atomic mass is 9.95. The number of amides is 2. The Bertz CT molecular complexity index is 857. The Morgan fingerprint density at radius 1 is 0.963 bits per heavy atom. The van der Waals surface area contributed by atoms with Crippen molar-refractivity contribution in [1.82, 2.24) is 5.32 Å². The van der Waals surface area contributed by atoms with Crippen LogP contribution in [0.4, 0.5) is 11.4 Å². The van der Waals surface area contributed by atoms with Gasteiger partial charge in [0.05, 0.1) is 6.42 Å². The summed E-state index contributed by atoms with van der Waals surface area (Å²) in [5.74, 6) is -0.257. The van der Waals surface area contributed by atoms with Gasteiger partial charge >= 0.3 is 0 Å². The summed E-state index contributed by atoms with van der Waals surface area (Å²) < 4.78 is 0. The first-order valence-corrected chi connectivity index (χ1v) is 9.13. The van der Waals surface area contributed by atoms with Crippen molar-refractivity contribution in [3.63, 3.8) is 0 Å². The van der Waals surface area contributed by atoms with Gasteiger partial charge in [0.1, 0.15) is 0 Å². The fraction of sp³-hybridized carbons (Fsp3) is 0.286. The van der Waals surface area contributed by atoms with Crippen LogP contribution in [0.2, 0.25) is 0 Å². The summed E-state index contributed by atoms with van der Waals surface area (Å²) in [4.78, 5) is 24.3. The van der Waals surface area contributed by atoms with E-state index in [2.05, 4.69) is 16.0 Å². The Morgan fingerprint density at radius 3 is 2.22 bits per heavy atom. The van der Waals surface area contributed by atoms with Gasteiger partial charge < -0.3 is 16.0 Å². The van der Waals surface area contributed by atoms with Crippen molar-refractivity contribution in [2.45, 2.75) is 34.1 Å². The van der Waals surface area contributed by atoms with E-state index in [1.54, 1.807) is 18.2 Å². The summed E-state index contributed by atoms with van der Waals surface area (Å²) in [6, 6.07) is 14.9. The van der Waals surface area contributed by atoms with E-state index in [1.165, 1.54) is 0 Å². The highest BCUT2D eigenvalue weighted by molar-refractivity contribution is 7.80. The molecule has 0 aliphatic carbocycles. The highest BCUT2D eigenvalue weighted by Gasteiger charge is 2.21. The van der Waals surface area contributed by atoms with Crippen LogP contribution in [0.15, 0.2) is 48.5 Å². The van der Waals surface area contributed by atoms with E-state index in [-0.39, 0.29) is 23.3 Å². The van der Waals surface area contributed by atoms with Crippen molar-refractivity contribution >= 4 is 40.5 Å². The van der Waals surface area contributed by atoms with Crippen molar-refractivity contribution in [1.29, 1.82) is 0 Å². The maximum atomic E-state index is 12.2. The molecule has 142 valence electrons. The van der Waals surface area contributed by atoms with Gasteiger partial charge in [0.2, 0.25) is 11.8 Å². The molecule has 2 aromatic rings. The summed E-state index contributed by atoms with van der Waals surface area (Å²) >= 11 is 5.22. The quantitative estimate of drug-likeness (QED) is 0.697. The molecule has 27 heavy (non-hydrogen) atoms. The molecule has 0 bridgehead atoms. The van der Waals surface area contributed by atoms with Crippen LogP contribution in [0.3, 0.4) is 0 Å². The smallest absolute Gasteiger partial charge is 0.230 e. The second kappa shape index (κ2) is 8.77. The van der Waals surface area contributed by atoms with Gasteiger partial charge in [0.15, 0.2) is 5.11 Å². The van der Waals surface area contributed by atoms with Gasteiger partial charge in [-0.2, -0.15) is 0 Å². The van der Waals surface area contributed by atoms with Crippen LogP contribution in [-0.2, 0) is 16.0 Å². The Morgan fingerprint density at radius 2 is 1.59 bits per heavy atom. The van der Waals surface area contributed by atoms with E-state index in [4.69, 9.17) is 12.2 Å². The van der Waals surface area contributed by atoms with E-state index in [0.717, 1.165) is 11.1 Å². The van der Waals surface area contributed by atoms with Gasteiger partial charge in [-0.3, -0.25) is 9.59 Å². The average molecular weight is 384 g/mol. The van der Waals surface area contributed by atoms with Crippen molar-refractivity contribution in [3.05, 3.63) is 59.7 Å². The number of aryl methyl sites for hydroxylation is 1. The first-order chi connectivity index (χ1) is 12.6. The standard InChI is InChI=1S/C21H25N3O2S/c1-14-8-5-6-9-15(14)12-18(25)24-20(27)23-17-11-7-10-16(13-17)22-19(26)21(2,3)4/h5-11,13H,12H2,1-4H3,(H,22,26)(H2,23,24,25,27). The van der Waals surface area contributed by atoms with Gasteiger partial charge in [-0.05, 0) is 48.5 Å². The normalized spacial score (nSPS) is 10.8. The molecule has 0 atom stereocenters. The zero-order chi connectivity index (χ0) is 20.0. The molecule has 5 nitrogen and oxygen atoms in total. The molecule has 0 unspecified atom stereocenters. The molecule has 3 N–H and O–H groups in total. The van der Waals surface area contributed by atoms with Crippen molar-refractivity contribution < 1.29 is 9.59 Å². The van der Waals surface area contributed by atoms with Gasteiger partial charge in [0.25, 0.3) is 0 Å². The maximum Gasteiger partial charge on any atom is 0.230 e. The van der Waals surface area contributed by atoms with Crippen LogP contribution in [-0.4, -0.2) is 16.9 Å². The second-order valence-electron chi connectivity index (χ2n) is 7.39. The SMILES string of the molecule is Cc1ccccc1CC(=O)NC(=S)Nc1cccc(NC(=O)C(C)(C)C)c1. The Hall–Kier alpha value is -2.73. The molecule has 2 rings (SSSR count). The topological polar surface area (TPSA) is 70.2 Å². The molecular weight excluding hydrogens is 358 g/mol. The molecule has 2 aromatic carbocycles. The van der Waals surface area contributed by atoms with Crippen molar-refractivity contribution in [2.75, 3.05) is 10.6 Å². The molecule has 0 aliphatic heterocycles. The lowest BCUT2D eigenvalue weighted by molar-refractivity contribution is -0.123. The van der Waals surface area contributed by atoms with Crippen LogP contribution in [0.25, 0.3) is 0 Å². The first-order valence-electron chi connectivity index (χ1n) is 8.72. The molecule has 0 saturated carbocycles. The van der Waals surface area contributed by atoms with Gasteiger partial charge in [-0.25, -0.2) is 0 Å². The van der Waals surface area contributed by atoms with E-state index < -0.39 is 5.41 Å². The number of carbonyl (C=O) groups excluding carboxylic acids is 2. The summed E-state index contributed by atoms with van der Waals surface area (Å²) in [6.45, 7) is 7.52. The molecule has 0 saturated heterocycles. The average Bonchev–Trinajstić information content (AvgIpc) is 2.56. The van der Waals surface area contributed by atoms with Crippen molar-refractivity contribution in [2.24, 2.45) is 5.41 Å². The number of carbonyl (C=O) groups is 2. The van der Waals surface area contributed by atoms with E-state index >= 15 is 0 Å². The molecule has 0 fully saturated rings. The Labute approximate surface area is 165 Å². The molecule has 0 spiro atoms. The van der Waals surface area contributed by atoms with Crippen LogP contribution < -0.4 is 16.0 Å². The summed E-state index contributed by atoms with van der Waals surface area (Å²) in [7, 11) is 0. The Kier molecular flexibility index (Phi) is 6.69. The van der Waals surface area contributed by atoms with E-state index in [1.807, 2.05) is 58.0 Å². The van der Waals surface area contributed by atoms with Crippen LogP contribution in [0, 0.1) is 12.3 Å². The fourth-order valence-corrected chi connectivity index (χ4v) is 2.54. The predicted octanol–water partition coefficient (Wildman–Crippen LogP) is 4.04. The predicted molar refractivity (Wildman–Crippen MR) is 114 cm³/mol. The molecule has 0 aliphatic rings. The number of nitrogens with one attached hydrogen (secondary N) is 3. The second-order valence-corrected chi connectivity index (χ2v) is 7.80. The van der Waals surface area contributed by atoms with Crippen LogP contribution >= 0.6 is 12.2 Å². The molecular formula is C21H25N3O2S. The number of thiocarbonyl (C=S) groups is 1. The molecule has 6 heteroatoms. The zero-order valence-electron chi connectivity index (χ0n) is 16.1. The Balaban J connectivity index is 1.94. The molecule has 2 amide bonds. The van der Waals surface area contributed by atoms with Gasteiger partial charge in [-0.1, -0.05) is 51.1 Å². The summed E-state index contributed by atoms with van der Waals surface area (Å²) in [6.07, 6.45) is 0.260. The van der Waals surface area contributed by atoms with Crippen molar-refractivity contribution in [3.8, 4) is 0 Å². The lowest BCUT2D eigenvalue weighted by Gasteiger charge is -2.18. The fourth-order valence-electron chi connectivity index (χ4n) is 2.31. The monoisotopic (exact) mass is 383 g/mol. The summed E-state index contributed by atoms with van der Waals surface area (Å²) in [5.41, 5.74) is 2.89. The number of anilines is 2. The largest absolute Gasteiger partial charge is 0.332 e. The van der Waals surface area contributed by atoms with Gasteiger partial charge in [0, 0.05) is 16.8 Å². The first kappa shape index (κ1) is 20.6. The highest BCUT2D eigenvalue weighted by Crippen LogP contribution is 2.20. The zero-order valence-corrected chi connectivity index (χ0v) is 16.9.